The third-order valence-corrected chi connectivity index (χ3v) is 4.17. The number of carbonyl (C=O) groups excluding carboxylic acids is 1. The van der Waals surface area contributed by atoms with Gasteiger partial charge in [0.2, 0.25) is 0 Å². The highest BCUT2D eigenvalue weighted by Crippen LogP contribution is 2.29. The van der Waals surface area contributed by atoms with E-state index in [0.29, 0.717) is 30.3 Å². The molecule has 1 aromatic heterocycles. The van der Waals surface area contributed by atoms with Crippen LogP contribution in [-0.4, -0.2) is 24.1 Å². The fourth-order valence-electron chi connectivity index (χ4n) is 2.84. The highest BCUT2D eigenvalue weighted by Gasteiger charge is 2.12. The summed E-state index contributed by atoms with van der Waals surface area (Å²) in [6.45, 7) is 4.85. The number of ether oxygens (including phenoxy) is 2. The maximum absolute atomic E-state index is 12.6. The molecule has 0 radical (unpaired) electrons. The summed E-state index contributed by atoms with van der Waals surface area (Å²) >= 11 is 0. The van der Waals surface area contributed by atoms with Gasteiger partial charge in [-0.2, -0.15) is 0 Å². The number of benzene rings is 2. The third kappa shape index (κ3) is 5.10. The maximum atomic E-state index is 12.6. The number of hydrogen-bond donors (Lipinski definition) is 1. The lowest BCUT2D eigenvalue weighted by Gasteiger charge is -2.12. The van der Waals surface area contributed by atoms with Crippen LogP contribution in [0.25, 0.3) is 0 Å². The van der Waals surface area contributed by atoms with E-state index in [4.69, 9.17) is 9.47 Å². The Bertz CT molecular complexity index is 909. The summed E-state index contributed by atoms with van der Waals surface area (Å²) in [6, 6.07) is 17.1. The molecule has 0 aliphatic carbocycles. The summed E-state index contributed by atoms with van der Waals surface area (Å²) < 4.78 is 11.1. The standard InChI is InChI=1S/C23H24N2O3/c1-3-27-21-10-7-19(16-22(21)28-4-2)23(26)25-20-8-5-17(6-9-20)15-18-11-13-24-14-12-18/h5-14,16H,3-4,15H2,1-2H3,(H,25,26). The highest BCUT2D eigenvalue weighted by molar-refractivity contribution is 6.04. The minimum atomic E-state index is -0.189. The van der Waals surface area contributed by atoms with Crippen LogP contribution < -0.4 is 14.8 Å². The first-order chi connectivity index (χ1) is 13.7. The fourth-order valence-corrected chi connectivity index (χ4v) is 2.84. The highest BCUT2D eigenvalue weighted by atomic mass is 16.5. The topological polar surface area (TPSA) is 60.5 Å². The average Bonchev–Trinajstić information content (AvgIpc) is 2.72. The normalized spacial score (nSPS) is 10.4. The SMILES string of the molecule is CCOc1ccc(C(=O)Nc2ccc(Cc3ccncc3)cc2)cc1OCC. The van der Waals surface area contributed by atoms with Gasteiger partial charge in [0.25, 0.3) is 5.91 Å². The van der Waals surface area contributed by atoms with Gasteiger partial charge in [0.1, 0.15) is 0 Å². The Morgan fingerprint density at radius 2 is 1.50 bits per heavy atom. The molecule has 0 bridgehead atoms. The number of aromatic nitrogens is 1. The molecule has 144 valence electrons. The van der Waals surface area contributed by atoms with Crippen LogP contribution in [0.15, 0.2) is 67.0 Å². The van der Waals surface area contributed by atoms with Crippen molar-refractivity contribution in [3.63, 3.8) is 0 Å². The molecule has 0 fully saturated rings. The molecule has 0 aliphatic rings. The number of carbonyl (C=O) groups is 1. The summed E-state index contributed by atoms with van der Waals surface area (Å²) in [7, 11) is 0. The largest absolute Gasteiger partial charge is 0.490 e. The Kier molecular flexibility index (Phi) is 6.63. The predicted octanol–water partition coefficient (Wildman–Crippen LogP) is 4.72. The van der Waals surface area contributed by atoms with E-state index >= 15 is 0 Å². The predicted molar refractivity (Wildman–Crippen MR) is 110 cm³/mol. The van der Waals surface area contributed by atoms with E-state index in [0.717, 1.165) is 12.1 Å². The van der Waals surface area contributed by atoms with Crippen LogP contribution in [0.4, 0.5) is 5.69 Å². The van der Waals surface area contributed by atoms with E-state index in [1.165, 1.54) is 11.1 Å². The van der Waals surface area contributed by atoms with E-state index in [2.05, 4.69) is 10.3 Å². The molecule has 0 saturated heterocycles. The zero-order valence-electron chi connectivity index (χ0n) is 16.1. The lowest BCUT2D eigenvalue weighted by Crippen LogP contribution is -2.12. The molecule has 0 atom stereocenters. The van der Waals surface area contributed by atoms with Crippen molar-refractivity contribution < 1.29 is 14.3 Å². The second kappa shape index (κ2) is 9.55. The maximum Gasteiger partial charge on any atom is 0.255 e. The van der Waals surface area contributed by atoms with Crippen molar-refractivity contribution in [2.45, 2.75) is 20.3 Å². The summed E-state index contributed by atoms with van der Waals surface area (Å²) in [6.07, 6.45) is 4.40. The lowest BCUT2D eigenvalue weighted by atomic mass is 10.1. The van der Waals surface area contributed by atoms with E-state index in [9.17, 15) is 4.79 Å². The monoisotopic (exact) mass is 376 g/mol. The van der Waals surface area contributed by atoms with Crippen molar-refractivity contribution in [2.24, 2.45) is 0 Å². The molecule has 0 aliphatic heterocycles. The number of nitrogens with one attached hydrogen (secondary N) is 1. The van der Waals surface area contributed by atoms with Gasteiger partial charge in [-0.15, -0.1) is 0 Å². The summed E-state index contributed by atoms with van der Waals surface area (Å²) in [5.74, 6) is 1.02. The number of hydrogen-bond acceptors (Lipinski definition) is 4. The number of pyridine rings is 1. The Hall–Kier alpha value is -3.34. The molecule has 5 nitrogen and oxygen atoms in total. The first-order valence-corrected chi connectivity index (χ1v) is 9.38. The summed E-state index contributed by atoms with van der Waals surface area (Å²) in [5, 5.41) is 2.92. The molecular formula is C23H24N2O3. The molecule has 5 heteroatoms. The van der Waals surface area contributed by atoms with Gasteiger partial charge in [-0.3, -0.25) is 9.78 Å². The Balaban J connectivity index is 1.68. The molecular weight excluding hydrogens is 352 g/mol. The zero-order chi connectivity index (χ0) is 19.8. The minimum Gasteiger partial charge on any atom is -0.490 e. The number of rotatable bonds is 8. The molecule has 1 N–H and O–H groups in total. The smallest absolute Gasteiger partial charge is 0.255 e. The first kappa shape index (κ1) is 19.4. The molecule has 0 spiro atoms. The van der Waals surface area contributed by atoms with Gasteiger partial charge in [-0.05, 0) is 73.9 Å². The lowest BCUT2D eigenvalue weighted by molar-refractivity contribution is 0.102. The van der Waals surface area contributed by atoms with Gasteiger partial charge in [-0.1, -0.05) is 12.1 Å². The van der Waals surface area contributed by atoms with Crippen LogP contribution in [0.3, 0.4) is 0 Å². The van der Waals surface area contributed by atoms with Gasteiger partial charge < -0.3 is 14.8 Å². The number of nitrogens with zero attached hydrogens (tertiary/aromatic N) is 1. The molecule has 3 rings (SSSR count). The zero-order valence-corrected chi connectivity index (χ0v) is 16.1. The molecule has 0 saturated carbocycles. The van der Waals surface area contributed by atoms with Gasteiger partial charge in [0, 0.05) is 23.6 Å². The Morgan fingerprint density at radius 3 is 2.18 bits per heavy atom. The van der Waals surface area contributed by atoms with Crippen LogP contribution in [0.1, 0.15) is 35.3 Å². The molecule has 2 aromatic carbocycles. The fraction of sp³-hybridized carbons (Fsp3) is 0.217. The third-order valence-electron chi connectivity index (χ3n) is 4.17. The van der Waals surface area contributed by atoms with Gasteiger partial charge in [-0.25, -0.2) is 0 Å². The Labute approximate surface area is 165 Å². The summed E-state index contributed by atoms with van der Waals surface area (Å²) in [5.41, 5.74) is 3.64. The van der Waals surface area contributed by atoms with Crippen molar-refractivity contribution in [1.29, 1.82) is 0 Å². The van der Waals surface area contributed by atoms with Crippen LogP contribution in [0.2, 0.25) is 0 Å². The average molecular weight is 376 g/mol. The molecule has 3 aromatic rings. The molecule has 1 amide bonds. The number of anilines is 1. The van der Waals surface area contributed by atoms with Crippen molar-refractivity contribution in [1.82, 2.24) is 4.98 Å². The first-order valence-electron chi connectivity index (χ1n) is 9.38. The van der Waals surface area contributed by atoms with Gasteiger partial charge in [0.15, 0.2) is 11.5 Å². The quantitative estimate of drug-likeness (QED) is 0.618. The van der Waals surface area contributed by atoms with Crippen molar-refractivity contribution in [3.8, 4) is 11.5 Å². The van der Waals surface area contributed by atoms with Crippen LogP contribution >= 0.6 is 0 Å². The summed E-state index contributed by atoms with van der Waals surface area (Å²) in [4.78, 5) is 16.6. The second-order valence-corrected chi connectivity index (χ2v) is 6.21. The molecule has 1 heterocycles. The van der Waals surface area contributed by atoms with Gasteiger partial charge >= 0.3 is 0 Å². The van der Waals surface area contributed by atoms with Crippen molar-refractivity contribution >= 4 is 11.6 Å². The molecule has 28 heavy (non-hydrogen) atoms. The van der Waals surface area contributed by atoms with Crippen molar-refractivity contribution in [3.05, 3.63) is 83.7 Å². The van der Waals surface area contributed by atoms with E-state index in [1.54, 1.807) is 30.6 Å². The van der Waals surface area contributed by atoms with E-state index in [-0.39, 0.29) is 5.91 Å². The Morgan fingerprint density at radius 1 is 0.857 bits per heavy atom. The number of amides is 1. The minimum absolute atomic E-state index is 0.189. The van der Waals surface area contributed by atoms with Crippen LogP contribution in [0, 0.1) is 0 Å². The molecule has 0 unspecified atom stereocenters. The van der Waals surface area contributed by atoms with Gasteiger partial charge in [0.05, 0.1) is 13.2 Å². The van der Waals surface area contributed by atoms with E-state index in [1.807, 2.05) is 50.2 Å². The van der Waals surface area contributed by atoms with Crippen LogP contribution in [0.5, 0.6) is 11.5 Å². The van der Waals surface area contributed by atoms with E-state index < -0.39 is 0 Å². The van der Waals surface area contributed by atoms with Crippen LogP contribution in [-0.2, 0) is 6.42 Å². The van der Waals surface area contributed by atoms with Crippen molar-refractivity contribution in [2.75, 3.05) is 18.5 Å². The second-order valence-electron chi connectivity index (χ2n) is 6.21.